The number of hydrogen-bond acceptors (Lipinski definition) is 2. The minimum Gasteiger partial charge on any atom is -0.356 e. The molecule has 154 valence electrons. The molecule has 1 saturated carbocycles. The second kappa shape index (κ2) is 16.6. The lowest BCUT2D eigenvalue weighted by Crippen LogP contribution is -2.24. The Morgan fingerprint density at radius 1 is 0.778 bits per heavy atom. The lowest BCUT2D eigenvalue weighted by atomic mass is 10.1. The second-order valence-corrected chi connectivity index (χ2v) is 7.56. The Morgan fingerprint density at radius 3 is 2.00 bits per heavy atom. The van der Waals surface area contributed by atoms with E-state index in [9.17, 15) is 9.59 Å². The predicted molar refractivity (Wildman–Crippen MR) is 114 cm³/mol. The molecule has 1 aliphatic carbocycles. The van der Waals surface area contributed by atoms with Crippen LogP contribution in [0, 0.1) is 0 Å². The van der Waals surface area contributed by atoms with E-state index in [1.807, 2.05) is 0 Å². The van der Waals surface area contributed by atoms with Crippen molar-refractivity contribution in [2.75, 3.05) is 6.54 Å². The van der Waals surface area contributed by atoms with Crippen LogP contribution in [0.15, 0.2) is 24.3 Å². The van der Waals surface area contributed by atoms with Gasteiger partial charge in [-0.2, -0.15) is 0 Å². The molecule has 0 unspecified atom stereocenters. The Balaban J connectivity index is 1.80. The highest BCUT2D eigenvalue weighted by Gasteiger charge is 2.22. The fourth-order valence-corrected chi connectivity index (χ4v) is 2.82. The average molecular weight is 377 g/mol. The van der Waals surface area contributed by atoms with Gasteiger partial charge in [0.25, 0.3) is 0 Å². The maximum Gasteiger partial charge on any atom is 0.220 e. The van der Waals surface area contributed by atoms with Gasteiger partial charge in [-0.1, -0.05) is 44.1 Å². The smallest absolute Gasteiger partial charge is 0.220 e. The van der Waals surface area contributed by atoms with Crippen molar-refractivity contribution in [3.05, 3.63) is 24.3 Å². The largest absolute Gasteiger partial charge is 0.356 e. The molecule has 0 aromatic rings. The van der Waals surface area contributed by atoms with Gasteiger partial charge in [0, 0.05) is 25.4 Å². The average Bonchev–Trinajstić information content (AvgIpc) is 3.46. The van der Waals surface area contributed by atoms with Gasteiger partial charge in [0.15, 0.2) is 0 Å². The lowest BCUT2D eigenvalue weighted by molar-refractivity contribution is -0.122. The summed E-state index contributed by atoms with van der Waals surface area (Å²) < 4.78 is 0. The van der Waals surface area contributed by atoms with Crippen molar-refractivity contribution >= 4 is 11.8 Å². The first-order valence-electron chi connectivity index (χ1n) is 11.1. The van der Waals surface area contributed by atoms with Crippen molar-refractivity contribution in [1.82, 2.24) is 10.6 Å². The molecule has 1 aliphatic rings. The summed E-state index contributed by atoms with van der Waals surface area (Å²) in [5.41, 5.74) is 0. The third-order valence-electron chi connectivity index (χ3n) is 4.68. The molecule has 0 aliphatic heterocycles. The summed E-state index contributed by atoms with van der Waals surface area (Å²) in [4.78, 5) is 23.1. The van der Waals surface area contributed by atoms with E-state index in [0.717, 1.165) is 70.8 Å². The first kappa shape index (κ1) is 23.5. The van der Waals surface area contributed by atoms with Crippen LogP contribution in [0.1, 0.15) is 96.8 Å². The van der Waals surface area contributed by atoms with Crippen molar-refractivity contribution < 1.29 is 9.59 Å². The number of carbonyl (C=O) groups excluding carboxylic acids is 2. The number of carbonyl (C=O) groups is 2. The van der Waals surface area contributed by atoms with E-state index in [4.69, 9.17) is 0 Å². The van der Waals surface area contributed by atoms with Crippen LogP contribution in [0.3, 0.4) is 0 Å². The van der Waals surface area contributed by atoms with E-state index < -0.39 is 0 Å². The maximum atomic E-state index is 11.5. The topological polar surface area (TPSA) is 58.2 Å². The van der Waals surface area contributed by atoms with Gasteiger partial charge in [0.05, 0.1) is 0 Å². The summed E-state index contributed by atoms with van der Waals surface area (Å²) in [5, 5.41) is 5.99. The molecule has 0 bridgehead atoms. The summed E-state index contributed by atoms with van der Waals surface area (Å²) in [6, 6.07) is 0.483. The Bertz CT molecular complexity index is 453. The monoisotopic (exact) mass is 376 g/mol. The third kappa shape index (κ3) is 16.3. The van der Waals surface area contributed by atoms with E-state index in [1.165, 1.54) is 12.8 Å². The Hall–Kier alpha value is -1.58. The summed E-state index contributed by atoms with van der Waals surface area (Å²) >= 11 is 0. The van der Waals surface area contributed by atoms with Gasteiger partial charge in [0.2, 0.25) is 11.8 Å². The van der Waals surface area contributed by atoms with Gasteiger partial charge in [-0.3, -0.25) is 9.59 Å². The molecule has 0 aromatic heterocycles. The standard InChI is InChI=1S/C23H40N2O2/c1-2-3-13-16-22(26)24-20-15-12-10-8-6-4-5-7-9-11-14-17-23(27)25-21-18-19-21/h7,9-10,12,21H,2-6,8,11,13-20H2,1H3,(H,24,26)(H,25,27)/b9-7-,12-10-. The Kier molecular flexibility index (Phi) is 14.4. The van der Waals surface area contributed by atoms with E-state index >= 15 is 0 Å². The number of allylic oxidation sites excluding steroid dienone is 3. The fraction of sp³-hybridized carbons (Fsp3) is 0.739. The lowest BCUT2D eigenvalue weighted by Gasteiger charge is -2.02. The molecule has 1 fully saturated rings. The molecule has 27 heavy (non-hydrogen) atoms. The summed E-state index contributed by atoms with van der Waals surface area (Å²) in [7, 11) is 0. The molecule has 0 atom stereocenters. The minimum absolute atomic E-state index is 0.187. The summed E-state index contributed by atoms with van der Waals surface area (Å²) in [6.45, 7) is 2.90. The van der Waals surface area contributed by atoms with Crippen LogP contribution in [-0.2, 0) is 9.59 Å². The zero-order valence-corrected chi connectivity index (χ0v) is 17.3. The van der Waals surface area contributed by atoms with Crippen LogP contribution in [-0.4, -0.2) is 24.4 Å². The van der Waals surface area contributed by atoms with E-state index in [-0.39, 0.29) is 11.8 Å². The number of unbranched alkanes of at least 4 members (excludes halogenated alkanes) is 6. The third-order valence-corrected chi connectivity index (χ3v) is 4.68. The van der Waals surface area contributed by atoms with Gasteiger partial charge in [-0.15, -0.1) is 0 Å². The van der Waals surface area contributed by atoms with Gasteiger partial charge in [0.1, 0.15) is 0 Å². The number of rotatable bonds is 17. The van der Waals surface area contributed by atoms with E-state index in [1.54, 1.807) is 0 Å². The summed E-state index contributed by atoms with van der Waals surface area (Å²) in [6.07, 6.45) is 23.3. The van der Waals surface area contributed by atoms with Gasteiger partial charge in [-0.25, -0.2) is 0 Å². The van der Waals surface area contributed by atoms with Gasteiger partial charge < -0.3 is 10.6 Å². The first-order chi connectivity index (χ1) is 13.2. The molecular weight excluding hydrogens is 336 g/mol. The molecule has 0 saturated heterocycles. The van der Waals surface area contributed by atoms with E-state index in [0.29, 0.717) is 18.9 Å². The number of nitrogens with one attached hydrogen (secondary N) is 2. The fourth-order valence-electron chi connectivity index (χ4n) is 2.82. The molecule has 4 heteroatoms. The van der Waals surface area contributed by atoms with Crippen LogP contribution in [0.2, 0.25) is 0 Å². The second-order valence-electron chi connectivity index (χ2n) is 7.56. The highest BCUT2D eigenvalue weighted by Crippen LogP contribution is 2.18. The molecule has 4 nitrogen and oxygen atoms in total. The molecular formula is C23H40N2O2. The molecule has 1 rings (SSSR count). The maximum absolute atomic E-state index is 11.5. The normalized spacial score (nSPS) is 14.1. The number of amides is 2. The molecule has 0 heterocycles. The quantitative estimate of drug-likeness (QED) is 0.271. The van der Waals surface area contributed by atoms with Crippen LogP contribution >= 0.6 is 0 Å². The van der Waals surface area contributed by atoms with Gasteiger partial charge in [-0.05, 0) is 64.2 Å². The van der Waals surface area contributed by atoms with Gasteiger partial charge >= 0.3 is 0 Å². The van der Waals surface area contributed by atoms with Crippen LogP contribution in [0.5, 0.6) is 0 Å². The molecule has 0 radical (unpaired) electrons. The van der Waals surface area contributed by atoms with Crippen LogP contribution in [0.4, 0.5) is 0 Å². The number of hydrogen-bond donors (Lipinski definition) is 2. The molecule has 0 spiro atoms. The van der Waals surface area contributed by atoms with Crippen molar-refractivity contribution in [2.45, 2.75) is 103 Å². The Labute approximate surface area is 166 Å². The Morgan fingerprint density at radius 2 is 1.37 bits per heavy atom. The SMILES string of the molecule is CCCCCC(=O)NCC/C=C\CCCC/C=C\CCCC(=O)NC1CC1. The highest BCUT2D eigenvalue weighted by atomic mass is 16.2. The zero-order chi connectivity index (χ0) is 19.6. The van der Waals surface area contributed by atoms with Crippen molar-refractivity contribution in [1.29, 1.82) is 0 Å². The zero-order valence-electron chi connectivity index (χ0n) is 17.3. The summed E-state index contributed by atoms with van der Waals surface area (Å²) in [5.74, 6) is 0.404. The molecule has 2 N–H and O–H groups in total. The van der Waals surface area contributed by atoms with Crippen molar-refractivity contribution in [3.8, 4) is 0 Å². The highest BCUT2D eigenvalue weighted by molar-refractivity contribution is 5.76. The predicted octanol–water partition coefficient (Wildman–Crippen LogP) is 5.19. The van der Waals surface area contributed by atoms with Crippen molar-refractivity contribution in [2.24, 2.45) is 0 Å². The first-order valence-corrected chi connectivity index (χ1v) is 11.1. The van der Waals surface area contributed by atoms with Crippen molar-refractivity contribution in [3.63, 3.8) is 0 Å². The van der Waals surface area contributed by atoms with E-state index in [2.05, 4.69) is 41.9 Å². The minimum atomic E-state index is 0.187. The molecule has 2 amide bonds. The molecule has 0 aromatic carbocycles. The van der Waals surface area contributed by atoms with Crippen LogP contribution in [0.25, 0.3) is 0 Å². The van der Waals surface area contributed by atoms with Crippen LogP contribution < -0.4 is 10.6 Å².